The minimum Gasteiger partial charge on any atom is -0.473 e. The predicted molar refractivity (Wildman–Crippen MR) is 116 cm³/mol. The van der Waals surface area contributed by atoms with E-state index in [-0.39, 0.29) is 12.4 Å². The summed E-state index contributed by atoms with van der Waals surface area (Å²) < 4.78 is 30.6. The molecule has 0 bridgehead atoms. The Morgan fingerprint density at radius 1 is 1.11 bits per heavy atom. The van der Waals surface area contributed by atoms with Crippen LogP contribution in [0.5, 0.6) is 5.75 Å². The Labute approximate surface area is 181 Å². The van der Waals surface area contributed by atoms with Gasteiger partial charge in [0, 0.05) is 12.2 Å². The number of ether oxygens (including phenoxy) is 1. The molecule has 0 radical (unpaired) electrons. The van der Waals surface area contributed by atoms with E-state index in [1.54, 1.807) is 43.3 Å². The standard InChI is InChI=1S/C18H22Cl2N2O4S.ClH/c1-12(23)18(21-10-9-13-3-8-16(19)17(20)11-13)26-15-6-4-14(5-7-15)22-27(2,24)25;/h3-8,11-12,18,21-23H,9-10H2,1-2H3;1H. The second-order valence-electron chi connectivity index (χ2n) is 6.13. The maximum atomic E-state index is 11.2. The number of sulfonamides is 1. The van der Waals surface area contributed by atoms with Crippen LogP contribution in [0.15, 0.2) is 42.5 Å². The Bertz CT molecular complexity index is 862. The van der Waals surface area contributed by atoms with Crippen LogP contribution in [0, 0.1) is 0 Å². The van der Waals surface area contributed by atoms with Gasteiger partial charge in [-0.1, -0.05) is 29.3 Å². The smallest absolute Gasteiger partial charge is 0.229 e. The van der Waals surface area contributed by atoms with E-state index in [1.165, 1.54) is 0 Å². The van der Waals surface area contributed by atoms with Gasteiger partial charge in [-0.3, -0.25) is 10.0 Å². The number of nitrogens with one attached hydrogen (secondary N) is 2. The van der Waals surface area contributed by atoms with Gasteiger partial charge in [0.25, 0.3) is 0 Å². The molecular weight excluding hydrogens is 447 g/mol. The fraction of sp³-hybridized carbons (Fsp3) is 0.333. The van der Waals surface area contributed by atoms with E-state index in [2.05, 4.69) is 10.0 Å². The molecule has 2 aromatic carbocycles. The lowest BCUT2D eigenvalue weighted by Gasteiger charge is -2.23. The predicted octanol–water partition coefficient (Wildman–Crippen LogP) is 3.70. The summed E-state index contributed by atoms with van der Waals surface area (Å²) in [7, 11) is -3.33. The molecule has 0 aliphatic heterocycles. The quantitative estimate of drug-likeness (QED) is 0.487. The molecule has 0 saturated heterocycles. The molecule has 0 aliphatic carbocycles. The summed E-state index contributed by atoms with van der Waals surface area (Å²) in [6.45, 7) is 2.18. The molecule has 28 heavy (non-hydrogen) atoms. The topological polar surface area (TPSA) is 87.7 Å². The van der Waals surface area contributed by atoms with E-state index >= 15 is 0 Å². The van der Waals surface area contributed by atoms with Crippen molar-refractivity contribution in [2.45, 2.75) is 25.7 Å². The summed E-state index contributed by atoms with van der Waals surface area (Å²) in [4.78, 5) is 0. The van der Waals surface area contributed by atoms with Crippen molar-refractivity contribution in [3.05, 3.63) is 58.1 Å². The number of hydrogen-bond acceptors (Lipinski definition) is 5. The third kappa shape index (κ3) is 8.43. The van der Waals surface area contributed by atoms with Crippen molar-refractivity contribution < 1.29 is 18.3 Å². The zero-order chi connectivity index (χ0) is 20.0. The molecule has 10 heteroatoms. The Balaban J connectivity index is 0.00000392. The highest BCUT2D eigenvalue weighted by atomic mass is 35.5. The molecule has 0 aromatic heterocycles. The molecule has 0 heterocycles. The summed E-state index contributed by atoms with van der Waals surface area (Å²) in [5, 5.41) is 14.1. The minimum atomic E-state index is -3.33. The summed E-state index contributed by atoms with van der Waals surface area (Å²) in [5.74, 6) is 0.502. The van der Waals surface area contributed by atoms with Gasteiger partial charge in [0.05, 0.1) is 16.3 Å². The molecule has 0 fully saturated rings. The maximum absolute atomic E-state index is 11.2. The molecule has 0 aliphatic rings. The number of hydrogen-bond donors (Lipinski definition) is 3. The lowest BCUT2D eigenvalue weighted by atomic mass is 10.1. The third-order valence-corrected chi connectivity index (χ3v) is 4.95. The highest BCUT2D eigenvalue weighted by Crippen LogP contribution is 2.23. The molecule has 156 valence electrons. The maximum Gasteiger partial charge on any atom is 0.229 e. The minimum absolute atomic E-state index is 0. The fourth-order valence-corrected chi connectivity index (χ4v) is 3.21. The van der Waals surface area contributed by atoms with E-state index in [0.717, 1.165) is 11.8 Å². The van der Waals surface area contributed by atoms with Gasteiger partial charge in [0.15, 0.2) is 6.23 Å². The second-order valence-corrected chi connectivity index (χ2v) is 8.69. The molecule has 2 atom stereocenters. The monoisotopic (exact) mass is 468 g/mol. The second kappa shape index (κ2) is 11.1. The van der Waals surface area contributed by atoms with Crippen molar-refractivity contribution in [3.8, 4) is 5.75 Å². The van der Waals surface area contributed by atoms with Crippen LogP contribution in [-0.2, 0) is 16.4 Å². The molecule has 0 amide bonds. The molecule has 0 saturated carbocycles. The van der Waals surface area contributed by atoms with E-state index < -0.39 is 22.4 Å². The van der Waals surface area contributed by atoms with Crippen LogP contribution in [-0.4, -0.2) is 38.7 Å². The average Bonchev–Trinajstić information content (AvgIpc) is 2.57. The molecule has 3 N–H and O–H groups in total. The van der Waals surface area contributed by atoms with Gasteiger partial charge in [-0.25, -0.2) is 8.42 Å². The molecule has 6 nitrogen and oxygen atoms in total. The van der Waals surface area contributed by atoms with Gasteiger partial charge in [-0.15, -0.1) is 12.4 Å². The normalized spacial score (nSPS) is 13.3. The van der Waals surface area contributed by atoms with Crippen LogP contribution in [0.1, 0.15) is 12.5 Å². The summed E-state index contributed by atoms with van der Waals surface area (Å²) in [5.41, 5.74) is 1.45. The lowest BCUT2D eigenvalue weighted by molar-refractivity contribution is 0.0274. The van der Waals surface area contributed by atoms with Gasteiger partial charge in [0.1, 0.15) is 11.9 Å². The number of halogens is 3. The molecule has 2 unspecified atom stereocenters. The molecule has 2 aromatic rings. The van der Waals surface area contributed by atoms with Crippen molar-refractivity contribution in [2.24, 2.45) is 0 Å². The molecule has 0 spiro atoms. The number of benzene rings is 2. The summed E-state index contributed by atoms with van der Waals surface area (Å²) in [6.07, 6.45) is 0.383. The Morgan fingerprint density at radius 3 is 2.29 bits per heavy atom. The number of aliphatic hydroxyl groups excluding tert-OH is 1. The van der Waals surface area contributed by atoms with E-state index in [9.17, 15) is 13.5 Å². The van der Waals surface area contributed by atoms with Gasteiger partial charge in [-0.2, -0.15) is 0 Å². The number of aliphatic hydroxyl groups is 1. The summed E-state index contributed by atoms with van der Waals surface area (Å²) in [6, 6.07) is 11.9. The SMILES string of the molecule is CC(O)C(NCCc1ccc(Cl)c(Cl)c1)Oc1ccc(NS(C)(=O)=O)cc1.Cl. The van der Waals surface area contributed by atoms with Gasteiger partial charge < -0.3 is 9.84 Å². The molecule has 2 rings (SSSR count). The highest BCUT2D eigenvalue weighted by molar-refractivity contribution is 7.92. The van der Waals surface area contributed by atoms with Crippen molar-refractivity contribution >= 4 is 51.3 Å². The van der Waals surface area contributed by atoms with Crippen LogP contribution in [0.25, 0.3) is 0 Å². The van der Waals surface area contributed by atoms with E-state index in [4.69, 9.17) is 27.9 Å². The largest absolute Gasteiger partial charge is 0.473 e. The fourth-order valence-electron chi connectivity index (χ4n) is 2.33. The first kappa shape index (κ1) is 24.8. The highest BCUT2D eigenvalue weighted by Gasteiger charge is 2.16. The van der Waals surface area contributed by atoms with Crippen molar-refractivity contribution in [1.82, 2.24) is 5.32 Å². The zero-order valence-electron chi connectivity index (χ0n) is 15.4. The third-order valence-electron chi connectivity index (χ3n) is 3.60. The molecular formula is C18H23Cl3N2O4S. The summed E-state index contributed by atoms with van der Waals surface area (Å²) >= 11 is 11.9. The van der Waals surface area contributed by atoms with E-state index in [0.29, 0.717) is 34.4 Å². The van der Waals surface area contributed by atoms with Crippen LogP contribution >= 0.6 is 35.6 Å². The van der Waals surface area contributed by atoms with Crippen LogP contribution in [0.2, 0.25) is 10.0 Å². The zero-order valence-corrected chi connectivity index (χ0v) is 18.5. The average molecular weight is 470 g/mol. The van der Waals surface area contributed by atoms with Crippen LogP contribution < -0.4 is 14.8 Å². The van der Waals surface area contributed by atoms with Gasteiger partial charge in [0.2, 0.25) is 10.0 Å². The van der Waals surface area contributed by atoms with Crippen molar-refractivity contribution in [1.29, 1.82) is 0 Å². The Kier molecular flexibility index (Phi) is 9.83. The first-order valence-corrected chi connectivity index (χ1v) is 10.9. The van der Waals surface area contributed by atoms with Crippen LogP contribution in [0.3, 0.4) is 0 Å². The first-order chi connectivity index (χ1) is 12.6. The van der Waals surface area contributed by atoms with Gasteiger partial charge >= 0.3 is 0 Å². The lowest BCUT2D eigenvalue weighted by Crippen LogP contribution is -2.43. The Hall–Kier alpha value is -1.22. The number of anilines is 1. The Morgan fingerprint density at radius 2 is 1.75 bits per heavy atom. The number of rotatable bonds is 9. The van der Waals surface area contributed by atoms with Gasteiger partial charge in [-0.05, 0) is 55.3 Å². The van der Waals surface area contributed by atoms with Crippen molar-refractivity contribution in [2.75, 3.05) is 17.5 Å². The van der Waals surface area contributed by atoms with Crippen LogP contribution in [0.4, 0.5) is 5.69 Å². The van der Waals surface area contributed by atoms with Crippen molar-refractivity contribution in [3.63, 3.8) is 0 Å². The van der Waals surface area contributed by atoms with E-state index in [1.807, 2.05) is 6.07 Å². The first-order valence-electron chi connectivity index (χ1n) is 8.24.